The van der Waals surface area contributed by atoms with Gasteiger partial charge in [0.05, 0.1) is 0 Å². The van der Waals surface area contributed by atoms with Crippen LogP contribution in [0.2, 0.25) is 0 Å². The summed E-state index contributed by atoms with van der Waals surface area (Å²) < 4.78 is 5.12. The second-order valence-corrected chi connectivity index (χ2v) is 5.92. The summed E-state index contributed by atoms with van der Waals surface area (Å²) in [6.45, 7) is 5.80. The number of carbonyl (C=O) groups is 2. The van der Waals surface area contributed by atoms with E-state index < -0.39 is 17.7 Å². The van der Waals surface area contributed by atoms with Crippen molar-refractivity contribution in [3.63, 3.8) is 0 Å². The number of amides is 1. The number of benzene rings is 1. The van der Waals surface area contributed by atoms with Crippen molar-refractivity contribution in [3.05, 3.63) is 41.5 Å². The van der Waals surface area contributed by atoms with Gasteiger partial charge in [-0.25, -0.2) is 4.79 Å². The Morgan fingerprint density at radius 2 is 2.05 bits per heavy atom. The normalized spacial score (nSPS) is 11.4. The fourth-order valence-electron chi connectivity index (χ4n) is 1.76. The molecule has 0 aliphatic rings. The fraction of sp³-hybridized carbons (Fsp3) is 0.412. The summed E-state index contributed by atoms with van der Waals surface area (Å²) in [7, 11) is 0. The van der Waals surface area contributed by atoms with Crippen LogP contribution in [0.5, 0.6) is 0 Å². The molecule has 22 heavy (non-hydrogen) atoms. The molecular formula is C17H23NO4. The summed E-state index contributed by atoms with van der Waals surface area (Å²) in [5.74, 6) is -0.803. The van der Waals surface area contributed by atoms with Gasteiger partial charge in [0, 0.05) is 13.0 Å². The largest absolute Gasteiger partial charge is 0.481 e. The predicted octanol–water partition coefficient (Wildman–Crippen LogP) is 3.24. The van der Waals surface area contributed by atoms with Crippen LogP contribution in [-0.2, 0) is 16.0 Å². The van der Waals surface area contributed by atoms with Crippen LogP contribution in [0.25, 0.3) is 6.08 Å². The molecule has 1 rings (SSSR count). The molecule has 0 saturated heterocycles. The van der Waals surface area contributed by atoms with E-state index in [1.54, 1.807) is 0 Å². The van der Waals surface area contributed by atoms with Gasteiger partial charge in [0.2, 0.25) is 0 Å². The van der Waals surface area contributed by atoms with Crippen LogP contribution in [0.3, 0.4) is 0 Å². The number of alkyl carbamates (subject to hydrolysis) is 1. The second-order valence-electron chi connectivity index (χ2n) is 5.92. The molecule has 0 fully saturated rings. The zero-order chi connectivity index (χ0) is 16.6. The zero-order valence-corrected chi connectivity index (χ0v) is 13.3. The number of carboxylic acids is 1. The van der Waals surface area contributed by atoms with E-state index in [4.69, 9.17) is 9.84 Å². The van der Waals surface area contributed by atoms with Gasteiger partial charge >= 0.3 is 12.1 Å². The Morgan fingerprint density at radius 1 is 1.32 bits per heavy atom. The quantitative estimate of drug-likeness (QED) is 0.846. The molecule has 1 aromatic rings. The first kappa shape index (κ1) is 17.8. The van der Waals surface area contributed by atoms with Gasteiger partial charge in [-0.1, -0.05) is 36.4 Å². The van der Waals surface area contributed by atoms with E-state index in [1.807, 2.05) is 57.2 Å². The minimum atomic E-state index is -0.803. The van der Waals surface area contributed by atoms with Crippen LogP contribution in [-0.4, -0.2) is 29.3 Å². The maximum absolute atomic E-state index is 11.5. The lowest BCUT2D eigenvalue weighted by Gasteiger charge is -2.19. The Morgan fingerprint density at radius 3 is 2.68 bits per heavy atom. The lowest BCUT2D eigenvalue weighted by atomic mass is 10.1. The number of rotatable bonds is 6. The molecular weight excluding hydrogens is 282 g/mol. The molecule has 0 spiro atoms. The number of carbonyl (C=O) groups excluding carboxylic acids is 1. The molecule has 1 aromatic carbocycles. The number of hydrogen-bond acceptors (Lipinski definition) is 3. The van der Waals surface area contributed by atoms with Gasteiger partial charge in [-0.3, -0.25) is 4.79 Å². The van der Waals surface area contributed by atoms with Crippen LogP contribution < -0.4 is 5.32 Å². The lowest BCUT2D eigenvalue weighted by Crippen LogP contribution is -2.32. The third kappa shape index (κ3) is 8.09. The van der Waals surface area contributed by atoms with Gasteiger partial charge in [-0.05, 0) is 38.3 Å². The topological polar surface area (TPSA) is 75.6 Å². The smallest absolute Gasteiger partial charge is 0.407 e. The minimum absolute atomic E-state index is 0.118. The average molecular weight is 305 g/mol. The van der Waals surface area contributed by atoms with E-state index in [9.17, 15) is 9.59 Å². The third-order valence-corrected chi connectivity index (χ3v) is 2.65. The van der Waals surface area contributed by atoms with E-state index in [1.165, 1.54) is 0 Å². The van der Waals surface area contributed by atoms with E-state index in [-0.39, 0.29) is 6.42 Å². The summed E-state index contributed by atoms with van der Waals surface area (Å²) >= 11 is 0. The Labute approximate surface area is 131 Å². The van der Waals surface area contributed by atoms with Crippen molar-refractivity contribution in [1.29, 1.82) is 0 Å². The third-order valence-electron chi connectivity index (χ3n) is 2.65. The highest BCUT2D eigenvalue weighted by molar-refractivity contribution is 5.68. The summed E-state index contributed by atoms with van der Waals surface area (Å²) in [6.07, 6.45) is 3.87. The second kappa shape index (κ2) is 8.22. The van der Waals surface area contributed by atoms with Crippen molar-refractivity contribution in [1.82, 2.24) is 5.32 Å². The number of carboxylic acid groups (broad SMARTS) is 1. The van der Waals surface area contributed by atoms with Crippen LogP contribution >= 0.6 is 0 Å². The summed E-state index contributed by atoms with van der Waals surface area (Å²) in [6, 6.07) is 7.65. The number of aliphatic carboxylic acids is 1. The van der Waals surface area contributed by atoms with Gasteiger partial charge in [-0.15, -0.1) is 0 Å². The van der Waals surface area contributed by atoms with E-state index in [0.29, 0.717) is 13.0 Å². The zero-order valence-electron chi connectivity index (χ0n) is 13.3. The van der Waals surface area contributed by atoms with E-state index in [0.717, 1.165) is 11.1 Å². The van der Waals surface area contributed by atoms with Gasteiger partial charge in [0.15, 0.2) is 0 Å². The Hall–Kier alpha value is -2.30. The standard InChI is InChI=1S/C17H23NO4/c1-17(2,3)22-16(21)18-11-5-8-13-6-4-7-14(12-13)9-10-15(19)20/h4-8,12H,9-11H2,1-3H3,(H,18,21)(H,19,20). The van der Waals surface area contributed by atoms with Crippen molar-refractivity contribution in [2.75, 3.05) is 6.54 Å². The van der Waals surface area contributed by atoms with Crippen LogP contribution in [0, 0.1) is 0 Å². The first-order valence-corrected chi connectivity index (χ1v) is 7.20. The molecule has 0 unspecified atom stereocenters. The molecule has 0 saturated carbocycles. The first-order valence-electron chi connectivity index (χ1n) is 7.20. The predicted molar refractivity (Wildman–Crippen MR) is 85.7 cm³/mol. The Bertz CT molecular complexity index is 544. The molecule has 1 amide bonds. The lowest BCUT2D eigenvalue weighted by molar-refractivity contribution is -0.136. The maximum atomic E-state index is 11.5. The van der Waals surface area contributed by atoms with Gasteiger partial charge in [-0.2, -0.15) is 0 Å². The van der Waals surface area contributed by atoms with Crippen molar-refractivity contribution in [3.8, 4) is 0 Å². The summed E-state index contributed by atoms with van der Waals surface area (Å²) in [5, 5.41) is 11.3. The molecule has 120 valence electrons. The van der Waals surface area contributed by atoms with Gasteiger partial charge in [0.25, 0.3) is 0 Å². The van der Waals surface area contributed by atoms with Crippen LogP contribution in [0.15, 0.2) is 30.3 Å². The van der Waals surface area contributed by atoms with E-state index in [2.05, 4.69) is 5.32 Å². The summed E-state index contributed by atoms with van der Waals surface area (Å²) in [5.41, 5.74) is 1.44. The number of ether oxygens (including phenoxy) is 1. The maximum Gasteiger partial charge on any atom is 0.407 e. The molecule has 0 radical (unpaired) electrons. The number of aryl methyl sites for hydroxylation is 1. The molecule has 5 heteroatoms. The average Bonchev–Trinajstić information content (AvgIpc) is 2.40. The first-order chi connectivity index (χ1) is 10.3. The number of hydrogen-bond donors (Lipinski definition) is 2. The highest BCUT2D eigenvalue weighted by atomic mass is 16.6. The van der Waals surface area contributed by atoms with Crippen molar-refractivity contribution in [2.45, 2.75) is 39.2 Å². The Kier molecular flexibility index (Phi) is 6.63. The molecule has 0 atom stereocenters. The van der Waals surface area contributed by atoms with Crippen LogP contribution in [0.4, 0.5) is 4.79 Å². The Balaban J connectivity index is 2.44. The molecule has 2 N–H and O–H groups in total. The van der Waals surface area contributed by atoms with Crippen molar-refractivity contribution in [2.24, 2.45) is 0 Å². The monoisotopic (exact) mass is 305 g/mol. The highest BCUT2D eigenvalue weighted by Gasteiger charge is 2.14. The molecule has 0 aliphatic heterocycles. The van der Waals surface area contributed by atoms with Crippen molar-refractivity contribution >= 4 is 18.1 Å². The highest BCUT2D eigenvalue weighted by Crippen LogP contribution is 2.09. The SMILES string of the molecule is CC(C)(C)OC(=O)NCC=Cc1cccc(CCC(=O)O)c1. The fourth-order valence-corrected chi connectivity index (χ4v) is 1.76. The van der Waals surface area contributed by atoms with Crippen molar-refractivity contribution < 1.29 is 19.4 Å². The van der Waals surface area contributed by atoms with E-state index >= 15 is 0 Å². The molecule has 0 heterocycles. The number of nitrogens with one attached hydrogen (secondary N) is 1. The molecule has 0 aliphatic carbocycles. The molecule has 0 aromatic heterocycles. The molecule has 0 bridgehead atoms. The van der Waals surface area contributed by atoms with Gasteiger partial charge < -0.3 is 15.2 Å². The molecule has 5 nitrogen and oxygen atoms in total. The summed E-state index contributed by atoms with van der Waals surface area (Å²) in [4.78, 5) is 22.0. The van der Waals surface area contributed by atoms with Gasteiger partial charge in [0.1, 0.15) is 5.60 Å². The minimum Gasteiger partial charge on any atom is -0.481 e. The van der Waals surface area contributed by atoms with Crippen LogP contribution in [0.1, 0.15) is 38.3 Å².